The van der Waals surface area contributed by atoms with Gasteiger partial charge in [0.2, 0.25) is 0 Å². The maximum atomic E-state index is 9.15. The van der Waals surface area contributed by atoms with Crippen molar-refractivity contribution in [2.24, 2.45) is 0 Å². The van der Waals surface area contributed by atoms with Crippen molar-refractivity contribution < 1.29 is 0 Å². The van der Waals surface area contributed by atoms with Crippen LogP contribution in [0.4, 0.5) is 5.00 Å². The highest BCUT2D eigenvalue weighted by Crippen LogP contribution is 2.28. The number of piperazine rings is 3. The molecule has 192 valence electrons. The molecule has 3 fully saturated rings. The van der Waals surface area contributed by atoms with Gasteiger partial charge in [-0.05, 0) is 49.9 Å². The second-order valence-corrected chi connectivity index (χ2v) is 12.2. The van der Waals surface area contributed by atoms with Gasteiger partial charge in [-0.1, -0.05) is 12.2 Å². The molecule has 2 aromatic heterocycles. The molecular weight excluding hydrogens is 486 g/mol. The molecule has 0 saturated carbocycles. The molecule has 4 atom stereocenters. The fourth-order valence-electron chi connectivity index (χ4n) is 4.99. The lowest BCUT2D eigenvalue weighted by Crippen LogP contribution is -2.66. The zero-order valence-electron chi connectivity index (χ0n) is 21.2. The summed E-state index contributed by atoms with van der Waals surface area (Å²) in [5, 5.41) is 25.4. The molecule has 3 aliphatic heterocycles. The van der Waals surface area contributed by atoms with Crippen LogP contribution in [0.2, 0.25) is 0 Å². The van der Waals surface area contributed by atoms with Crippen LogP contribution >= 0.6 is 22.7 Å². The molecule has 9 heteroatoms. The SMILES string of the molecule is Cc1cc(C=CC2CNC(C3CNC(C=Cc4ccc(N5CCN(C)CC5)s4)CN3)CN2)sc1C#N. The van der Waals surface area contributed by atoms with Crippen molar-refractivity contribution in [2.75, 3.05) is 64.3 Å². The van der Waals surface area contributed by atoms with Crippen LogP contribution in [-0.2, 0) is 0 Å². The van der Waals surface area contributed by atoms with Gasteiger partial charge in [-0.3, -0.25) is 0 Å². The first-order valence-electron chi connectivity index (χ1n) is 12.9. The molecule has 7 nitrogen and oxygen atoms in total. The standard InChI is InChI=1S/C27H37N7S2/c1-19-13-23(35-26(19)14-28)6-4-21-16-32-25(18-30-21)24-17-29-20(15-31-24)3-5-22-7-8-27(36-22)34-11-9-33(2)10-12-34/h3-8,13,20-21,24-25,29-32H,9-12,15-18H2,1-2H3. The van der Waals surface area contributed by atoms with E-state index in [4.69, 9.17) is 5.26 Å². The van der Waals surface area contributed by atoms with Gasteiger partial charge in [0.05, 0.1) is 5.00 Å². The number of nitrogens with one attached hydrogen (secondary N) is 4. The van der Waals surface area contributed by atoms with Crippen LogP contribution in [0.5, 0.6) is 0 Å². The van der Waals surface area contributed by atoms with Gasteiger partial charge in [-0.2, -0.15) is 5.26 Å². The van der Waals surface area contributed by atoms with Crippen molar-refractivity contribution in [3.8, 4) is 6.07 Å². The normalized spacial score (nSPS) is 28.2. The molecule has 0 aliphatic carbocycles. The Morgan fingerprint density at radius 3 is 2.06 bits per heavy atom. The zero-order valence-corrected chi connectivity index (χ0v) is 22.8. The van der Waals surface area contributed by atoms with Crippen molar-refractivity contribution in [1.82, 2.24) is 26.2 Å². The number of rotatable bonds is 6. The molecule has 3 saturated heterocycles. The van der Waals surface area contributed by atoms with Gasteiger partial charge in [0.15, 0.2) is 0 Å². The molecule has 0 radical (unpaired) electrons. The Labute approximate surface area is 222 Å². The monoisotopic (exact) mass is 523 g/mol. The molecular formula is C27H37N7S2. The molecule has 0 aromatic carbocycles. The van der Waals surface area contributed by atoms with Crippen LogP contribution in [0, 0.1) is 18.3 Å². The zero-order chi connectivity index (χ0) is 24.9. The molecule has 0 amide bonds. The highest BCUT2D eigenvalue weighted by atomic mass is 32.1. The summed E-state index contributed by atoms with van der Waals surface area (Å²) in [5.74, 6) is 0. The van der Waals surface area contributed by atoms with E-state index in [0.717, 1.165) is 67.7 Å². The lowest BCUT2D eigenvalue weighted by Gasteiger charge is -2.39. The van der Waals surface area contributed by atoms with Crippen LogP contribution in [0.3, 0.4) is 0 Å². The van der Waals surface area contributed by atoms with E-state index in [9.17, 15) is 0 Å². The van der Waals surface area contributed by atoms with Crippen molar-refractivity contribution in [2.45, 2.75) is 31.1 Å². The molecule has 0 spiro atoms. The third kappa shape index (κ3) is 6.45. The van der Waals surface area contributed by atoms with Gasteiger partial charge < -0.3 is 31.1 Å². The van der Waals surface area contributed by atoms with Crippen molar-refractivity contribution in [3.63, 3.8) is 0 Å². The number of thiophene rings is 2. The Kier molecular flexibility index (Phi) is 8.54. The number of anilines is 1. The Balaban J connectivity index is 1.04. The van der Waals surface area contributed by atoms with Gasteiger partial charge in [0.25, 0.3) is 0 Å². The third-order valence-electron chi connectivity index (χ3n) is 7.34. The van der Waals surface area contributed by atoms with Crippen LogP contribution in [0.25, 0.3) is 12.2 Å². The maximum absolute atomic E-state index is 9.15. The first-order valence-corrected chi connectivity index (χ1v) is 14.5. The van der Waals surface area contributed by atoms with Gasteiger partial charge >= 0.3 is 0 Å². The Morgan fingerprint density at radius 2 is 1.50 bits per heavy atom. The summed E-state index contributed by atoms with van der Waals surface area (Å²) in [6, 6.07) is 10.4. The minimum Gasteiger partial charge on any atom is -0.361 e. The summed E-state index contributed by atoms with van der Waals surface area (Å²) in [5.41, 5.74) is 1.06. The number of likely N-dealkylation sites (N-methyl/N-ethyl adjacent to an activating group) is 1. The second kappa shape index (κ2) is 12.0. The van der Waals surface area contributed by atoms with E-state index in [1.165, 1.54) is 9.88 Å². The van der Waals surface area contributed by atoms with Crippen LogP contribution < -0.4 is 26.2 Å². The fourth-order valence-corrected chi connectivity index (χ4v) is 6.85. The number of nitrogens with zero attached hydrogens (tertiary/aromatic N) is 3. The van der Waals surface area contributed by atoms with Crippen LogP contribution in [0.15, 0.2) is 30.4 Å². The second-order valence-electron chi connectivity index (χ2n) is 10.0. The smallest absolute Gasteiger partial charge is 0.110 e. The Bertz CT molecular complexity index is 1090. The summed E-state index contributed by atoms with van der Waals surface area (Å²) in [7, 11) is 2.20. The Hall–Kier alpha value is -2.03. The number of nitriles is 1. The van der Waals surface area contributed by atoms with Crippen molar-refractivity contribution in [1.29, 1.82) is 5.26 Å². The summed E-state index contributed by atoms with van der Waals surface area (Å²) >= 11 is 3.45. The summed E-state index contributed by atoms with van der Waals surface area (Å²) in [4.78, 5) is 8.18. The minimum atomic E-state index is 0.308. The van der Waals surface area contributed by atoms with Gasteiger partial charge in [-0.15, -0.1) is 22.7 Å². The molecule has 3 aliphatic rings. The Morgan fingerprint density at radius 1 is 0.861 bits per heavy atom. The first kappa shape index (κ1) is 25.6. The van der Waals surface area contributed by atoms with E-state index in [1.807, 2.05) is 18.3 Å². The van der Waals surface area contributed by atoms with Crippen LogP contribution in [-0.4, -0.2) is 88.5 Å². The minimum absolute atomic E-state index is 0.308. The van der Waals surface area contributed by atoms with Gasteiger partial charge in [0.1, 0.15) is 10.9 Å². The lowest BCUT2D eigenvalue weighted by molar-refractivity contribution is 0.266. The maximum Gasteiger partial charge on any atom is 0.110 e. The number of hydrogen-bond acceptors (Lipinski definition) is 9. The highest BCUT2D eigenvalue weighted by molar-refractivity contribution is 7.17. The average molecular weight is 524 g/mol. The predicted octanol–water partition coefficient (Wildman–Crippen LogP) is 2.33. The number of hydrogen-bond donors (Lipinski definition) is 4. The molecule has 2 aromatic rings. The molecule has 0 bridgehead atoms. The number of aryl methyl sites for hydroxylation is 1. The molecule has 36 heavy (non-hydrogen) atoms. The summed E-state index contributed by atoms with van der Waals surface area (Å²) in [6.07, 6.45) is 8.93. The van der Waals surface area contributed by atoms with E-state index in [-0.39, 0.29) is 0 Å². The first-order chi connectivity index (χ1) is 17.6. The third-order valence-corrected chi connectivity index (χ3v) is 9.56. The van der Waals surface area contributed by atoms with E-state index in [2.05, 4.69) is 86.7 Å². The van der Waals surface area contributed by atoms with Crippen molar-refractivity contribution in [3.05, 3.63) is 50.5 Å². The van der Waals surface area contributed by atoms with Crippen LogP contribution in [0.1, 0.15) is 20.2 Å². The van der Waals surface area contributed by atoms with Gasteiger partial charge in [0, 0.05) is 86.3 Å². The largest absolute Gasteiger partial charge is 0.361 e. The topological polar surface area (TPSA) is 78.4 Å². The summed E-state index contributed by atoms with van der Waals surface area (Å²) in [6.45, 7) is 10.3. The lowest BCUT2D eigenvalue weighted by atomic mass is 10.0. The quantitative estimate of drug-likeness (QED) is 0.463. The van der Waals surface area contributed by atoms with Crippen molar-refractivity contribution >= 4 is 39.8 Å². The van der Waals surface area contributed by atoms with E-state index in [0.29, 0.717) is 24.2 Å². The van der Waals surface area contributed by atoms with E-state index in [1.54, 1.807) is 11.3 Å². The van der Waals surface area contributed by atoms with E-state index < -0.39 is 0 Å². The van der Waals surface area contributed by atoms with E-state index >= 15 is 0 Å². The predicted molar refractivity (Wildman–Crippen MR) is 153 cm³/mol. The fraction of sp³-hybridized carbons (Fsp3) is 0.519. The molecule has 5 rings (SSSR count). The van der Waals surface area contributed by atoms with Gasteiger partial charge in [-0.25, -0.2) is 0 Å². The summed E-state index contributed by atoms with van der Waals surface area (Å²) < 4.78 is 0. The average Bonchev–Trinajstić information content (AvgIpc) is 3.53. The molecule has 5 heterocycles. The molecule has 4 unspecified atom stereocenters. The highest BCUT2D eigenvalue weighted by Gasteiger charge is 2.28. The molecule has 4 N–H and O–H groups in total.